The van der Waals surface area contributed by atoms with Crippen molar-refractivity contribution in [2.75, 3.05) is 19.5 Å². The minimum absolute atomic E-state index is 0.00434. The molecule has 4 nitrogen and oxygen atoms in total. The standard InChI is InChI=1S/C11H14BrNO3/c1-13(11(15)6-12)7-8-3-4-10(16-2)9(14)5-8/h3-5,14H,6-7H2,1-2H3. The third-order valence-electron chi connectivity index (χ3n) is 2.20. The van der Waals surface area contributed by atoms with Crippen LogP contribution in [-0.4, -0.2) is 35.4 Å². The quantitative estimate of drug-likeness (QED) is 0.859. The number of amides is 1. The van der Waals surface area contributed by atoms with Crippen molar-refractivity contribution in [3.8, 4) is 11.5 Å². The van der Waals surface area contributed by atoms with Gasteiger partial charge in [0.2, 0.25) is 5.91 Å². The Morgan fingerprint density at radius 1 is 1.56 bits per heavy atom. The highest BCUT2D eigenvalue weighted by Gasteiger charge is 2.09. The lowest BCUT2D eigenvalue weighted by Gasteiger charge is -2.16. The Kier molecular flexibility index (Phi) is 4.61. The summed E-state index contributed by atoms with van der Waals surface area (Å²) in [6.07, 6.45) is 0. The van der Waals surface area contributed by atoms with Gasteiger partial charge in [-0.1, -0.05) is 22.0 Å². The van der Waals surface area contributed by atoms with E-state index in [9.17, 15) is 9.90 Å². The number of alkyl halides is 1. The number of carbonyl (C=O) groups is 1. The molecule has 0 spiro atoms. The van der Waals surface area contributed by atoms with Crippen molar-refractivity contribution in [1.82, 2.24) is 4.90 Å². The van der Waals surface area contributed by atoms with Crippen LogP contribution >= 0.6 is 15.9 Å². The molecule has 0 unspecified atom stereocenters. The van der Waals surface area contributed by atoms with E-state index in [1.54, 1.807) is 24.1 Å². The summed E-state index contributed by atoms with van der Waals surface area (Å²) in [5.41, 5.74) is 0.857. The molecular formula is C11H14BrNO3. The largest absolute Gasteiger partial charge is 0.504 e. The van der Waals surface area contributed by atoms with Gasteiger partial charge in [0, 0.05) is 13.6 Å². The monoisotopic (exact) mass is 287 g/mol. The van der Waals surface area contributed by atoms with Crippen LogP contribution in [-0.2, 0) is 11.3 Å². The second-order valence-corrected chi connectivity index (χ2v) is 3.95. The van der Waals surface area contributed by atoms with Gasteiger partial charge in [-0.15, -0.1) is 0 Å². The minimum Gasteiger partial charge on any atom is -0.504 e. The highest BCUT2D eigenvalue weighted by atomic mass is 79.9. The molecule has 0 heterocycles. The Hall–Kier alpha value is -1.23. The van der Waals surface area contributed by atoms with Crippen molar-refractivity contribution in [1.29, 1.82) is 0 Å². The number of aromatic hydroxyl groups is 1. The van der Waals surface area contributed by atoms with Gasteiger partial charge in [-0.05, 0) is 17.7 Å². The van der Waals surface area contributed by atoms with Crippen molar-refractivity contribution in [3.63, 3.8) is 0 Å². The lowest BCUT2D eigenvalue weighted by molar-refractivity contribution is -0.127. The summed E-state index contributed by atoms with van der Waals surface area (Å²) in [6, 6.07) is 5.09. The van der Waals surface area contributed by atoms with Gasteiger partial charge < -0.3 is 14.7 Å². The molecule has 0 saturated carbocycles. The summed E-state index contributed by atoms with van der Waals surface area (Å²) in [4.78, 5) is 12.9. The van der Waals surface area contributed by atoms with Crippen LogP contribution < -0.4 is 4.74 Å². The molecule has 88 valence electrons. The summed E-state index contributed by atoms with van der Waals surface area (Å²) < 4.78 is 4.94. The van der Waals surface area contributed by atoms with Crippen LogP contribution in [0.1, 0.15) is 5.56 Å². The first-order valence-electron chi connectivity index (χ1n) is 4.74. The van der Waals surface area contributed by atoms with Crippen LogP contribution in [0.5, 0.6) is 11.5 Å². The number of phenols is 1. The number of hydrogen-bond acceptors (Lipinski definition) is 3. The number of methoxy groups -OCH3 is 1. The predicted octanol–water partition coefficient (Wildman–Crippen LogP) is 1.75. The Bertz CT molecular complexity index is 381. The van der Waals surface area contributed by atoms with Crippen molar-refractivity contribution < 1.29 is 14.6 Å². The second kappa shape index (κ2) is 5.75. The zero-order valence-electron chi connectivity index (χ0n) is 9.24. The molecule has 0 aliphatic rings. The number of nitrogens with zero attached hydrogens (tertiary/aromatic N) is 1. The zero-order valence-corrected chi connectivity index (χ0v) is 10.8. The molecule has 0 aliphatic heterocycles. The minimum atomic E-state index is -0.00434. The molecule has 0 radical (unpaired) electrons. The van der Waals surface area contributed by atoms with Gasteiger partial charge in [0.25, 0.3) is 0 Å². The molecule has 0 fully saturated rings. The first-order valence-corrected chi connectivity index (χ1v) is 5.86. The number of ether oxygens (including phenoxy) is 1. The number of carbonyl (C=O) groups excluding carboxylic acids is 1. The average molecular weight is 288 g/mol. The Labute approximate surface area is 103 Å². The topological polar surface area (TPSA) is 49.8 Å². The first kappa shape index (κ1) is 12.8. The van der Waals surface area contributed by atoms with Crippen molar-refractivity contribution in [2.45, 2.75) is 6.54 Å². The molecule has 1 aromatic carbocycles. The van der Waals surface area contributed by atoms with Crippen molar-refractivity contribution in [2.24, 2.45) is 0 Å². The smallest absolute Gasteiger partial charge is 0.233 e. The number of phenolic OH excluding ortho intramolecular Hbond substituents is 1. The lowest BCUT2D eigenvalue weighted by atomic mass is 10.2. The predicted molar refractivity (Wildman–Crippen MR) is 64.9 cm³/mol. The van der Waals surface area contributed by atoms with Crippen molar-refractivity contribution >= 4 is 21.8 Å². The van der Waals surface area contributed by atoms with Crippen LogP contribution in [0.2, 0.25) is 0 Å². The average Bonchev–Trinajstić information content (AvgIpc) is 2.28. The van der Waals surface area contributed by atoms with E-state index in [-0.39, 0.29) is 11.7 Å². The molecule has 0 aromatic heterocycles. The molecular weight excluding hydrogens is 274 g/mol. The number of halogens is 1. The van der Waals surface area contributed by atoms with E-state index < -0.39 is 0 Å². The fourth-order valence-electron chi connectivity index (χ4n) is 1.30. The van der Waals surface area contributed by atoms with E-state index in [0.29, 0.717) is 17.6 Å². The van der Waals surface area contributed by atoms with Gasteiger partial charge >= 0.3 is 0 Å². The van der Waals surface area contributed by atoms with Crippen molar-refractivity contribution in [3.05, 3.63) is 23.8 Å². The van der Waals surface area contributed by atoms with Gasteiger partial charge in [-0.3, -0.25) is 4.79 Å². The Balaban J connectivity index is 2.75. The highest BCUT2D eigenvalue weighted by molar-refractivity contribution is 9.09. The molecule has 0 aliphatic carbocycles. The van der Waals surface area contributed by atoms with E-state index in [2.05, 4.69) is 15.9 Å². The van der Waals surface area contributed by atoms with Gasteiger partial charge in [-0.2, -0.15) is 0 Å². The third-order valence-corrected chi connectivity index (χ3v) is 2.68. The van der Waals surface area contributed by atoms with E-state index in [1.807, 2.05) is 6.07 Å². The maximum absolute atomic E-state index is 11.3. The normalized spacial score (nSPS) is 9.94. The fraction of sp³-hybridized carbons (Fsp3) is 0.364. The van der Waals surface area contributed by atoms with Crippen LogP contribution in [0.3, 0.4) is 0 Å². The summed E-state index contributed by atoms with van der Waals surface area (Å²) in [7, 11) is 3.21. The van der Waals surface area contributed by atoms with Crippen LogP contribution in [0.25, 0.3) is 0 Å². The Morgan fingerprint density at radius 2 is 2.25 bits per heavy atom. The molecule has 5 heteroatoms. The maximum Gasteiger partial charge on any atom is 0.233 e. The zero-order chi connectivity index (χ0) is 12.1. The highest BCUT2D eigenvalue weighted by Crippen LogP contribution is 2.26. The lowest BCUT2D eigenvalue weighted by Crippen LogP contribution is -2.26. The number of hydrogen-bond donors (Lipinski definition) is 1. The molecule has 1 N–H and O–H groups in total. The van der Waals surface area contributed by atoms with E-state index in [0.717, 1.165) is 5.56 Å². The van der Waals surface area contributed by atoms with Gasteiger partial charge in [0.05, 0.1) is 12.4 Å². The SMILES string of the molecule is COc1ccc(CN(C)C(=O)CBr)cc1O. The molecule has 1 rings (SSSR count). The van der Waals surface area contributed by atoms with Crippen LogP contribution in [0.15, 0.2) is 18.2 Å². The summed E-state index contributed by atoms with van der Waals surface area (Å²) in [5.74, 6) is 0.508. The van der Waals surface area contributed by atoms with E-state index in [1.165, 1.54) is 7.11 Å². The molecule has 1 aromatic rings. The van der Waals surface area contributed by atoms with E-state index in [4.69, 9.17) is 4.74 Å². The fourth-order valence-corrected chi connectivity index (χ4v) is 1.73. The summed E-state index contributed by atoms with van der Waals surface area (Å²) in [5, 5.41) is 9.86. The number of rotatable bonds is 4. The molecule has 0 bridgehead atoms. The molecule has 0 atom stereocenters. The van der Waals surface area contributed by atoms with Gasteiger partial charge in [-0.25, -0.2) is 0 Å². The second-order valence-electron chi connectivity index (χ2n) is 3.39. The summed E-state index contributed by atoms with van der Waals surface area (Å²) >= 11 is 3.11. The van der Waals surface area contributed by atoms with E-state index >= 15 is 0 Å². The van der Waals surface area contributed by atoms with Crippen LogP contribution in [0.4, 0.5) is 0 Å². The van der Waals surface area contributed by atoms with Gasteiger partial charge in [0.1, 0.15) is 0 Å². The molecule has 1 amide bonds. The maximum atomic E-state index is 11.3. The number of benzene rings is 1. The van der Waals surface area contributed by atoms with Crippen LogP contribution in [0, 0.1) is 0 Å². The first-order chi connectivity index (χ1) is 7.58. The molecule has 16 heavy (non-hydrogen) atoms. The third kappa shape index (κ3) is 3.13. The molecule has 0 saturated heterocycles. The summed E-state index contributed by atoms with van der Waals surface area (Å²) in [6.45, 7) is 0.460. The van der Waals surface area contributed by atoms with Gasteiger partial charge in [0.15, 0.2) is 11.5 Å². The Morgan fingerprint density at radius 3 is 2.75 bits per heavy atom.